The van der Waals surface area contributed by atoms with E-state index < -0.39 is 0 Å². The highest BCUT2D eigenvalue weighted by Crippen LogP contribution is 2.40. The van der Waals surface area contributed by atoms with Gasteiger partial charge in [-0.15, -0.1) is 0 Å². The van der Waals surface area contributed by atoms with Gasteiger partial charge < -0.3 is 0 Å². The summed E-state index contributed by atoms with van der Waals surface area (Å²) < 4.78 is 0. The highest BCUT2D eigenvalue weighted by atomic mass is 14.3. The maximum absolute atomic E-state index is 2.45. The summed E-state index contributed by atoms with van der Waals surface area (Å²) >= 11 is 0. The fourth-order valence-electron chi connectivity index (χ4n) is 2.92. The first-order valence-corrected chi connectivity index (χ1v) is 6.49. The Kier molecular flexibility index (Phi) is 4.47. The van der Waals surface area contributed by atoms with Gasteiger partial charge in [-0.2, -0.15) is 0 Å². The van der Waals surface area contributed by atoms with E-state index in [9.17, 15) is 0 Å². The zero-order valence-electron chi connectivity index (χ0n) is 10.6. The van der Waals surface area contributed by atoms with Crippen molar-refractivity contribution in [2.75, 3.05) is 0 Å². The highest BCUT2D eigenvalue weighted by Gasteiger charge is 2.27. The molecule has 0 spiro atoms. The Bertz CT molecular complexity index is 155. The van der Waals surface area contributed by atoms with Crippen molar-refractivity contribution in [1.82, 2.24) is 0 Å². The smallest absolute Gasteiger partial charge is 0.0352 e. The summed E-state index contributed by atoms with van der Waals surface area (Å²) in [7, 11) is 0. The van der Waals surface area contributed by atoms with Crippen LogP contribution in [0.15, 0.2) is 0 Å². The van der Waals surface area contributed by atoms with E-state index in [2.05, 4.69) is 27.7 Å². The third-order valence-electron chi connectivity index (χ3n) is 3.70. The fraction of sp³-hybridized carbons (Fsp3) is 1.00. The lowest BCUT2D eigenvalue weighted by atomic mass is 9.71. The molecular weight excluding hydrogens is 168 g/mol. The molecule has 0 saturated heterocycles. The van der Waals surface area contributed by atoms with E-state index in [1.165, 1.54) is 44.9 Å². The van der Waals surface area contributed by atoms with Crippen LogP contribution in [0.1, 0.15) is 72.6 Å². The van der Waals surface area contributed by atoms with Crippen molar-refractivity contribution in [2.24, 2.45) is 17.3 Å². The third kappa shape index (κ3) is 4.48. The van der Waals surface area contributed by atoms with Crippen molar-refractivity contribution in [3.63, 3.8) is 0 Å². The van der Waals surface area contributed by atoms with Crippen LogP contribution in [-0.2, 0) is 0 Å². The minimum absolute atomic E-state index is 0.640. The Balaban J connectivity index is 2.18. The molecule has 0 bridgehead atoms. The molecule has 0 aromatic rings. The molecule has 1 aliphatic rings. The lowest BCUT2D eigenvalue weighted by molar-refractivity contribution is 0.170. The van der Waals surface area contributed by atoms with Crippen molar-refractivity contribution in [1.29, 1.82) is 0 Å². The molecule has 0 heterocycles. The molecule has 0 amide bonds. The second kappa shape index (κ2) is 5.19. The fourth-order valence-corrected chi connectivity index (χ4v) is 2.92. The van der Waals surface area contributed by atoms with E-state index in [1.54, 1.807) is 0 Å². The minimum atomic E-state index is 0.640. The summed E-state index contributed by atoms with van der Waals surface area (Å²) in [5.41, 5.74) is 0.640. The van der Waals surface area contributed by atoms with Crippen molar-refractivity contribution >= 4 is 0 Å². The van der Waals surface area contributed by atoms with Gasteiger partial charge in [0.05, 0.1) is 0 Å². The van der Waals surface area contributed by atoms with E-state index in [-0.39, 0.29) is 0 Å². The Morgan fingerprint density at radius 3 is 2.57 bits per heavy atom. The SMILES string of the molecule is CC(C)CCCC1CCCC(C)(C)C1. The summed E-state index contributed by atoms with van der Waals surface area (Å²) in [4.78, 5) is 0. The quantitative estimate of drug-likeness (QED) is 0.591. The Hall–Kier alpha value is 0. The monoisotopic (exact) mass is 196 g/mol. The standard InChI is InChI=1S/C14H28/c1-12(2)7-5-8-13-9-6-10-14(3,4)11-13/h12-13H,5-11H2,1-4H3. The van der Waals surface area contributed by atoms with Gasteiger partial charge in [0, 0.05) is 0 Å². The van der Waals surface area contributed by atoms with E-state index in [0.717, 1.165) is 11.8 Å². The topological polar surface area (TPSA) is 0 Å². The molecule has 84 valence electrons. The normalized spacial score (nSPS) is 26.8. The van der Waals surface area contributed by atoms with Gasteiger partial charge in [0.2, 0.25) is 0 Å². The molecule has 1 unspecified atom stereocenters. The van der Waals surface area contributed by atoms with Gasteiger partial charge >= 0.3 is 0 Å². The van der Waals surface area contributed by atoms with Crippen LogP contribution in [0.3, 0.4) is 0 Å². The molecule has 1 fully saturated rings. The molecule has 0 aliphatic heterocycles. The van der Waals surface area contributed by atoms with Crippen LogP contribution in [0.4, 0.5) is 0 Å². The first kappa shape index (κ1) is 12.1. The maximum atomic E-state index is 2.45. The van der Waals surface area contributed by atoms with E-state index >= 15 is 0 Å². The van der Waals surface area contributed by atoms with Crippen molar-refractivity contribution < 1.29 is 0 Å². The average Bonchev–Trinajstić information content (AvgIpc) is 2.01. The summed E-state index contributed by atoms with van der Waals surface area (Å²) in [5.74, 6) is 1.93. The van der Waals surface area contributed by atoms with Crippen molar-refractivity contribution in [3.8, 4) is 0 Å². The lowest BCUT2D eigenvalue weighted by Gasteiger charge is -2.35. The molecule has 1 rings (SSSR count). The van der Waals surface area contributed by atoms with Crippen LogP contribution >= 0.6 is 0 Å². The lowest BCUT2D eigenvalue weighted by Crippen LogP contribution is -2.22. The highest BCUT2D eigenvalue weighted by molar-refractivity contribution is 4.79. The summed E-state index contributed by atoms with van der Waals surface area (Å²) in [5, 5.41) is 0. The van der Waals surface area contributed by atoms with Gasteiger partial charge in [-0.25, -0.2) is 0 Å². The number of hydrogen-bond acceptors (Lipinski definition) is 0. The molecule has 0 nitrogen and oxygen atoms in total. The third-order valence-corrected chi connectivity index (χ3v) is 3.70. The van der Waals surface area contributed by atoms with Crippen molar-refractivity contribution in [3.05, 3.63) is 0 Å². The maximum Gasteiger partial charge on any atom is -0.0352 e. The molecule has 0 aromatic heterocycles. The Morgan fingerprint density at radius 2 is 2.00 bits per heavy atom. The molecule has 0 radical (unpaired) electrons. The summed E-state index contributed by atoms with van der Waals surface area (Å²) in [6.07, 6.45) is 10.3. The second-order valence-electron chi connectivity index (χ2n) is 6.45. The van der Waals surface area contributed by atoms with Crippen LogP contribution in [0.25, 0.3) is 0 Å². The van der Waals surface area contributed by atoms with Crippen LogP contribution in [0.5, 0.6) is 0 Å². The molecule has 0 aromatic carbocycles. The Labute approximate surface area is 90.5 Å². The Morgan fingerprint density at radius 1 is 1.29 bits per heavy atom. The predicted octanol–water partition coefficient (Wildman–Crippen LogP) is 5.03. The van der Waals surface area contributed by atoms with Gasteiger partial charge in [-0.05, 0) is 30.1 Å². The zero-order valence-corrected chi connectivity index (χ0v) is 10.6. The first-order valence-electron chi connectivity index (χ1n) is 6.49. The molecule has 1 aliphatic carbocycles. The van der Waals surface area contributed by atoms with Crippen molar-refractivity contribution in [2.45, 2.75) is 72.6 Å². The van der Waals surface area contributed by atoms with Gasteiger partial charge in [0.25, 0.3) is 0 Å². The summed E-state index contributed by atoms with van der Waals surface area (Å²) in [6.45, 7) is 9.57. The average molecular weight is 196 g/mol. The van der Waals surface area contributed by atoms with Crippen LogP contribution in [0.2, 0.25) is 0 Å². The van der Waals surface area contributed by atoms with Gasteiger partial charge in [0.1, 0.15) is 0 Å². The second-order valence-corrected chi connectivity index (χ2v) is 6.45. The van der Waals surface area contributed by atoms with Gasteiger partial charge in [-0.3, -0.25) is 0 Å². The largest absolute Gasteiger partial charge is 0.0628 e. The van der Waals surface area contributed by atoms with E-state index in [0.29, 0.717) is 5.41 Å². The van der Waals surface area contributed by atoms with E-state index in [1.807, 2.05) is 0 Å². The van der Waals surface area contributed by atoms with Crippen LogP contribution in [-0.4, -0.2) is 0 Å². The minimum Gasteiger partial charge on any atom is -0.0628 e. The number of hydrogen-bond donors (Lipinski definition) is 0. The molecule has 0 N–H and O–H groups in total. The molecular formula is C14H28. The van der Waals surface area contributed by atoms with Gasteiger partial charge in [0.15, 0.2) is 0 Å². The van der Waals surface area contributed by atoms with E-state index in [4.69, 9.17) is 0 Å². The molecule has 14 heavy (non-hydrogen) atoms. The van der Waals surface area contributed by atoms with Crippen LogP contribution < -0.4 is 0 Å². The first-order chi connectivity index (χ1) is 6.49. The molecule has 1 saturated carbocycles. The zero-order chi connectivity index (χ0) is 10.6. The van der Waals surface area contributed by atoms with Gasteiger partial charge in [-0.1, -0.05) is 59.8 Å². The summed E-state index contributed by atoms with van der Waals surface area (Å²) in [6, 6.07) is 0. The number of rotatable bonds is 4. The molecule has 1 atom stereocenters. The van der Waals surface area contributed by atoms with Crippen LogP contribution in [0, 0.1) is 17.3 Å². The molecule has 0 heteroatoms. The predicted molar refractivity (Wildman–Crippen MR) is 64.4 cm³/mol.